The summed E-state index contributed by atoms with van der Waals surface area (Å²) >= 11 is 1.52. The molecule has 0 aromatic carbocycles. The summed E-state index contributed by atoms with van der Waals surface area (Å²) in [4.78, 5) is 32.8. The second-order valence-corrected chi connectivity index (χ2v) is 8.25. The normalized spacial score (nSPS) is 24.0. The lowest BCUT2D eigenvalue weighted by atomic mass is 10.1. The molecule has 0 bridgehead atoms. The molecule has 1 aromatic heterocycles. The number of methoxy groups -OCH3 is 1. The largest absolute Gasteiger partial charge is 0.464 e. The molecule has 1 aliphatic heterocycles. The molecule has 1 aromatic rings. The van der Waals surface area contributed by atoms with Crippen molar-refractivity contribution in [2.75, 3.05) is 19.9 Å². The van der Waals surface area contributed by atoms with Gasteiger partial charge >= 0.3 is 5.97 Å². The number of aromatic nitrogens is 1. The van der Waals surface area contributed by atoms with Crippen molar-refractivity contribution in [2.24, 2.45) is 16.6 Å². The zero-order chi connectivity index (χ0) is 22.4. The third-order valence-electron chi connectivity index (χ3n) is 4.77. The number of nitrogens with two attached hydrogens (primary N) is 1. The predicted octanol–water partition coefficient (Wildman–Crippen LogP) is 1.09. The molecule has 1 aliphatic rings. The van der Waals surface area contributed by atoms with Crippen LogP contribution >= 0.6 is 11.8 Å². The van der Waals surface area contributed by atoms with Crippen molar-refractivity contribution < 1.29 is 23.5 Å². The van der Waals surface area contributed by atoms with E-state index in [9.17, 15) is 9.59 Å². The average molecular weight is 442 g/mol. The van der Waals surface area contributed by atoms with Gasteiger partial charge in [0.25, 0.3) is 0 Å². The van der Waals surface area contributed by atoms with Gasteiger partial charge in [-0.05, 0) is 26.0 Å². The summed E-state index contributed by atoms with van der Waals surface area (Å²) in [5.41, 5.74) is 6.23. The minimum atomic E-state index is -0.604. The molecule has 0 saturated carbocycles. The standard InChI is InChI=1S/C19H31N5O5S/c1-9(2)14(20)18(30-6)21-7-13-24-15(11(4)29-13)16(25)22-10(3)17-23-12(8-28-17)19(26)27-5/h8-11,13-15,24H,7,20H2,1-6H3,(H,22,25)/b21-18-/t10?,11?,13?,14-,15?/m0/s1. The maximum Gasteiger partial charge on any atom is 0.360 e. The van der Waals surface area contributed by atoms with E-state index in [4.69, 9.17) is 14.9 Å². The molecule has 5 atom stereocenters. The van der Waals surface area contributed by atoms with Gasteiger partial charge in [0.2, 0.25) is 11.8 Å². The molecule has 168 valence electrons. The molecule has 4 N–H and O–H groups in total. The van der Waals surface area contributed by atoms with Crippen LogP contribution in [-0.2, 0) is 14.3 Å². The summed E-state index contributed by atoms with van der Waals surface area (Å²) in [5, 5.41) is 6.84. The van der Waals surface area contributed by atoms with Crippen LogP contribution in [0.3, 0.4) is 0 Å². The van der Waals surface area contributed by atoms with Crippen LogP contribution in [0.15, 0.2) is 15.7 Å². The first-order valence-electron chi connectivity index (χ1n) is 9.77. The molecule has 1 fully saturated rings. The molecule has 2 rings (SSSR count). The number of esters is 1. The summed E-state index contributed by atoms with van der Waals surface area (Å²) in [7, 11) is 1.26. The van der Waals surface area contributed by atoms with E-state index in [2.05, 4.69) is 25.3 Å². The third kappa shape index (κ3) is 6.03. The Labute approximate surface area is 180 Å². The Morgan fingerprint density at radius 1 is 1.43 bits per heavy atom. The number of hydrogen-bond donors (Lipinski definition) is 3. The van der Waals surface area contributed by atoms with Crippen LogP contribution in [0.2, 0.25) is 0 Å². The summed E-state index contributed by atoms with van der Waals surface area (Å²) in [6, 6.07) is -1.22. The summed E-state index contributed by atoms with van der Waals surface area (Å²) in [5.74, 6) is -0.372. The average Bonchev–Trinajstić information content (AvgIpc) is 3.34. The Hall–Kier alpha value is -1.95. The van der Waals surface area contributed by atoms with Crippen molar-refractivity contribution in [3.05, 3.63) is 17.8 Å². The van der Waals surface area contributed by atoms with Gasteiger partial charge < -0.3 is 24.9 Å². The molecule has 10 nitrogen and oxygen atoms in total. The first kappa shape index (κ1) is 24.3. The van der Waals surface area contributed by atoms with Crippen molar-refractivity contribution in [3.8, 4) is 0 Å². The van der Waals surface area contributed by atoms with Gasteiger partial charge in [-0.1, -0.05) is 13.8 Å². The van der Waals surface area contributed by atoms with Gasteiger partial charge in [-0.3, -0.25) is 15.1 Å². The van der Waals surface area contributed by atoms with Crippen LogP contribution in [0, 0.1) is 5.92 Å². The number of amides is 1. The smallest absolute Gasteiger partial charge is 0.360 e. The minimum Gasteiger partial charge on any atom is -0.464 e. The Kier molecular flexibility index (Phi) is 8.83. The van der Waals surface area contributed by atoms with E-state index >= 15 is 0 Å². The summed E-state index contributed by atoms with van der Waals surface area (Å²) in [6.07, 6.45) is 2.41. The Bertz CT molecular complexity index is 768. The van der Waals surface area contributed by atoms with Crippen LogP contribution in [0.5, 0.6) is 0 Å². The SMILES string of the molecule is COC(=O)c1coc(C(C)NC(=O)C2NC(C/N=C(\SC)[C@@H](N)C(C)C)OC2C)n1. The minimum absolute atomic E-state index is 0.0476. The molecule has 4 unspecified atom stereocenters. The lowest BCUT2D eigenvalue weighted by molar-refractivity contribution is -0.124. The van der Waals surface area contributed by atoms with Crippen LogP contribution in [0.1, 0.15) is 50.1 Å². The number of hydrogen-bond acceptors (Lipinski definition) is 10. The number of aliphatic imine (C=N–C) groups is 1. The molecular weight excluding hydrogens is 410 g/mol. The van der Waals surface area contributed by atoms with E-state index in [-0.39, 0.29) is 41.8 Å². The molecule has 0 aliphatic carbocycles. The van der Waals surface area contributed by atoms with E-state index in [1.54, 1.807) is 6.92 Å². The van der Waals surface area contributed by atoms with Gasteiger partial charge in [0, 0.05) is 0 Å². The van der Waals surface area contributed by atoms with Crippen molar-refractivity contribution in [3.63, 3.8) is 0 Å². The highest BCUT2D eigenvalue weighted by Crippen LogP contribution is 2.17. The Morgan fingerprint density at radius 3 is 2.73 bits per heavy atom. The van der Waals surface area contributed by atoms with Gasteiger partial charge in [0.05, 0.1) is 30.8 Å². The molecule has 11 heteroatoms. The molecule has 0 radical (unpaired) electrons. The van der Waals surface area contributed by atoms with E-state index in [0.717, 1.165) is 5.04 Å². The van der Waals surface area contributed by atoms with Gasteiger partial charge in [-0.25, -0.2) is 9.78 Å². The van der Waals surface area contributed by atoms with Gasteiger partial charge in [-0.2, -0.15) is 0 Å². The number of carbonyl (C=O) groups is 2. The number of ether oxygens (including phenoxy) is 2. The van der Waals surface area contributed by atoms with Crippen molar-refractivity contribution in [1.82, 2.24) is 15.6 Å². The van der Waals surface area contributed by atoms with E-state index in [1.807, 2.05) is 27.0 Å². The zero-order valence-electron chi connectivity index (χ0n) is 18.2. The number of nitrogens with one attached hydrogen (secondary N) is 2. The topological polar surface area (TPSA) is 141 Å². The number of oxazole rings is 1. The highest BCUT2D eigenvalue weighted by molar-refractivity contribution is 8.13. The fourth-order valence-corrected chi connectivity index (χ4v) is 3.66. The lowest BCUT2D eigenvalue weighted by Crippen LogP contribution is -2.47. The van der Waals surface area contributed by atoms with Crippen molar-refractivity contribution in [2.45, 2.75) is 58.2 Å². The predicted molar refractivity (Wildman–Crippen MR) is 114 cm³/mol. The fourth-order valence-electron chi connectivity index (χ4n) is 2.91. The van der Waals surface area contributed by atoms with Crippen molar-refractivity contribution in [1.29, 1.82) is 0 Å². The van der Waals surface area contributed by atoms with Crippen LogP contribution in [0.25, 0.3) is 0 Å². The maximum atomic E-state index is 12.7. The molecule has 30 heavy (non-hydrogen) atoms. The number of thioether (sulfide) groups is 1. The van der Waals surface area contributed by atoms with E-state index in [1.165, 1.54) is 25.1 Å². The highest BCUT2D eigenvalue weighted by atomic mass is 32.2. The van der Waals surface area contributed by atoms with Gasteiger partial charge in [-0.15, -0.1) is 11.8 Å². The van der Waals surface area contributed by atoms with Crippen LogP contribution in [-0.4, -0.2) is 66.2 Å². The quantitative estimate of drug-likeness (QED) is 0.307. The fraction of sp³-hybridized carbons (Fsp3) is 0.684. The molecule has 1 amide bonds. The number of carbonyl (C=O) groups excluding carboxylic acids is 2. The first-order valence-corrected chi connectivity index (χ1v) is 11.0. The maximum absolute atomic E-state index is 12.7. The summed E-state index contributed by atoms with van der Waals surface area (Å²) in [6.45, 7) is 7.99. The van der Waals surface area contributed by atoms with Gasteiger partial charge in [0.15, 0.2) is 5.69 Å². The zero-order valence-corrected chi connectivity index (χ0v) is 19.0. The lowest BCUT2D eigenvalue weighted by Gasteiger charge is -2.18. The summed E-state index contributed by atoms with van der Waals surface area (Å²) < 4.78 is 15.7. The van der Waals surface area contributed by atoms with Crippen LogP contribution < -0.4 is 16.4 Å². The third-order valence-corrected chi connectivity index (χ3v) is 5.59. The second kappa shape index (κ2) is 10.9. The second-order valence-electron chi connectivity index (χ2n) is 7.42. The number of nitrogens with zero attached hydrogens (tertiary/aromatic N) is 2. The molecule has 2 heterocycles. The molecular formula is C19H31N5O5S. The Balaban J connectivity index is 1.94. The first-order chi connectivity index (χ1) is 14.2. The van der Waals surface area contributed by atoms with Crippen molar-refractivity contribution >= 4 is 28.7 Å². The molecule has 1 saturated heterocycles. The van der Waals surface area contributed by atoms with E-state index < -0.39 is 18.1 Å². The van der Waals surface area contributed by atoms with Crippen LogP contribution in [0.4, 0.5) is 0 Å². The molecule has 0 spiro atoms. The highest BCUT2D eigenvalue weighted by Gasteiger charge is 2.37. The Morgan fingerprint density at radius 2 is 2.13 bits per heavy atom. The number of rotatable bonds is 8. The van der Waals surface area contributed by atoms with E-state index in [0.29, 0.717) is 6.54 Å². The van der Waals surface area contributed by atoms with Gasteiger partial charge in [0.1, 0.15) is 24.6 Å². The monoisotopic (exact) mass is 441 g/mol.